The van der Waals surface area contributed by atoms with Gasteiger partial charge in [-0.25, -0.2) is 0 Å². The van der Waals surface area contributed by atoms with Crippen LogP contribution in [0.4, 0.5) is 5.95 Å². The first-order valence-electron chi connectivity index (χ1n) is 2.47. The van der Waals surface area contributed by atoms with Crippen LogP contribution in [0, 0.1) is 0 Å². The zero-order chi connectivity index (χ0) is 7.56. The van der Waals surface area contributed by atoms with Gasteiger partial charge in [-0.05, 0) is 23.2 Å². The SMILES string of the molecule is [2H]Nc1nc(Cl)nc(Cl)n1. The second-order valence-corrected chi connectivity index (χ2v) is 1.87. The molecule has 0 aliphatic rings. The highest BCUT2D eigenvalue weighted by molar-refractivity contribution is 6.31. The Morgan fingerprint density at radius 1 is 1.22 bits per heavy atom. The number of halogens is 2. The van der Waals surface area contributed by atoms with Crippen LogP contribution in [0.25, 0.3) is 0 Å². The number of rotatable bonds is 1. The minimum Gasteiger partial charge on any atom is -0.368 e. The summed E-state index contributed by atoms with van der Waals surface area (Å²) >= 11 is 10.7. The molecule has 0 unspecified atom stereocenters. The Morgan fingerprint density at radius 2 is 1.78 bits per heavy atom. The Kier molecular flexibility index (Phi) is 1.34. The second-order valence-electron chi connectivity index (χ2n) is 1.20. The minimum absolute atomic E-state index is 0.0324. The van der Waals surface area contributed by atoms with E-state index in [9.17, 15) is 0 Å². The molecular formula is C3H2Cl2N4. The summed E-state index contributed by atoms with van der Waals surface area (Å²) in [5, 5.41) is -0.0653. The smallest absolute Gasteiger partial charge is 0.228 e. The topological polar surface area (TPSA) is 64.7 Å². The number of aromatic nitrogens is 3. The standard InChI is InChI=1S/C3H2Cl2N4/c4-1-7-2(5)9-3(6)8-1/h(H2,6,7,8,9)/i/hD. The van der Waals surface area contributed by atoms with Gasteiger partial charge in [0.1, 0.15) is 0 Å². The van der Waals surface area contributed by atoms with Crippen molar-refractivity contribution in [3.8, 4) is 0 Å². The van der Waals surface area contributed by atoms with Gasteiger partial charge in [0.05, 0.1) is 0 Å². The average molecular weight is 166 g/mol. The molecule has 0 fully saturated rings. The van der Waals surface area contributed by atoms with Crippen LogP contribution < -0.4 is 5.73 Å². The van der Waals surface area contributed by atoms with E-state index in [2.05, 4.69) is 15.0 Å². The van der Waals surface area contributed by atoms with Crippen LogP contribution in [0.5, 0.6) is 0 Å². The van der Waals surface area contributed by atoms with Crippen LogP contribution in [0.15, 0.2) is 0 Å². The van der Waals surface area contributed by atoms with Gasteiger partial charge >= 0.3 is 0 Å². The van der Waals surface area contributed by atoms with Gasteiger partial charge in [0.15, 0.2) is 1.41 Å². The molecule has 48 valence electrons. The third-order valence-corrected chi connectivity index (χ3v) is 0.919. The van der Waals surface area contributed by atoms with Gasteiger partial charge in [0, 0.05) is 0 Å². The van der Waals surface area contributed by atoms with Crippen molar-refractivity contribution in [1.29, 1.82) is 0 Å². The lowest BCUT2D eigenvalue weighted by atomic mass is 11.0. The summed E-state index contributed by atoms with van der Waals surface area (Å²) in [4.78, 5) is 10.5. The van der Waals surface area contributed by atoms with Crippen LogP contribution in [-0.2, 0) is 0 Å². The Morgan fingerprint density at radius 3 is 2.22 bits per heavy atom. The highest BCUT2D eigenvalue weighted by Crippen LogP contribution is 2.05. The van der Waals surface area contributed by atoms with E-state index in [1.165, 1.54) is 0 Å². The van der Waals surface area contributed by atoms with Crippen molar-refractivity contribution in [3.05, 3.63) is 10.6 Å². The van der Waals surface area contributed by atoms with Crippen molar-refractivity contribution in [2.75, 3.05) is 5.73 Å². The molecule has 0 aliphatic carbocycles. The number of anilines is 1. The molecule has 9 heavy (non-hydrogen) atoms. The molecule has 4 nitrogen and oxygen atoms in total. The molecule has 0 saturated heterocycles. The Hall–Kier alpha value is -0.610. The fourth-order valence-corrected chi connectivity index (χ4v) is 0.689. The first kappa shape index (κ1) is 5.20. The fraction of sp³-hybridized carbons (Fsp3) is 0. The zero-order valence-electron chi connectivity index (χ0n) is 5.10. The quantitative estimate of drug-likeness (QED) is 0.668. The van der Waals surface area contributed by atoms with Crippen molar-refractivity contribution in [1.82, 2.24) is 15.0 Å². The maximum Gasteiger partial charge on any atom is 0.228 e. The summed E-state index contributed by atoms with van der Waals surface area (Å²) in [7, 11) is 0. The molecule has 0 spiro atoms. The predicted molar refractivity (Wildman–Crippen MR) is 34.3 cm³/mol. The zero-order valence-corrected chi connectivity index (χ0v) is 5.61. The molecule has 1 aromatic rings. The van der Waals surface area contributed by atoms with E-state index >= 15 is 0 Å². The summed E-state index contributed by atoms with van der Waals surface area (Å²) < 4.78 is 6.62. The lowest BCUT2D eigenvalue weighted by molar-refractivity contribution is 1.06. The van der Waals surface area contributed by atoms with Gasteiger partial charge in [0.25, 0.3) is 0 Å². The van der Waals surface area contributed by atoms with Gasteiger partial charge in [-0.2, -0.15) is 15.0 Å². The fourth-order valence-electron chi connectivity index (χ4n) is 0.326. The largest absolute Gasteiger partial charge is 0.368 e. The normalized spacial score (nSPS) is 10.7. The Balaban J connectivity index is 3.06. The Labute approximate surface area is 62.5 Å². The molecule has 0 aromatic carbocycles. The summed E-state index contributed by atoms with van der Waals surface area (Å²) in [6.07, 6.45) is 0. The van der Waals surface area contributed by atoms with E-state index in [-0.39, 0.29) is 16.5 Å². The lowest BCUT2D eigenvalue weighted by Gasteiger charge is -1.90. The third kappa shape index (κ3) is 1.65. The number of hydrogen-bond donors (Lipinski definition) is 1. The molecule has 6 heteroatoms. The number of hydrogen-bond acceptors (Lipinski definition) is 4. The van der Waals surface area contributed by atoms with Crippen molar-refractivity contribution < 1.29 is 1.41 Å². The molecule has 0 bridgehead atoms. The highest BCUT2D eigenvalue weighted by atomic mass is 35.5. The summed E-state index contributed by atoms with van der Waals surface area (Å²) in [5.74, 6) is 0.0324. The number of nitrogens with two attached hydrogens (primary N) is 1. The number of nitrogens with zero attached hydrogens (tertiary/aromatic N) is 3. The van der Waals surface area contributed by atoms with Crippen molar-refractivity contribution in [3.63, 3.8) is 0 Å². The second kappa shape index (κ2) is 2.33. The van der Waals surface area contributed by atoms with Gasteiger partial charge in [0.2, 0.25) is 16.5 Å². The molecule has 0 atom stereocenters. The Bertz CT molecular complexity index is 222. The molecule has 1 rings (SSSR count). The van der Waals surface area contributed by atoms with E-state index in [1.54, 1.807) is 0 Å². The molecule has 1 heterocycles. The molecule has 0 saturated carbocycles. The lowest BCUT2D eigenvalue weighted by Crippen LogP contribution is -1.96. The van der Waals surface area contributed by atoms with E-state index in [4.69, 9.17) is 24.6 Å². The maximum absolute atomic E-state index is 6.62. The van der Waals surface area contributed by atoms with E-state index in [0.717, 1.165) is 0 Å². The highest BCUT2D eigenvalue weighted by Gasteiger charge is 1.96. The molecule has 2 N–H and O–H groups in total. The van der Waals surface area contributed by atoms with Crippen molar-refractivity contribution in [2.45, 2.75) is 0 Å². The summed E-state index contributed by atoms with van der Waals surface area (Å²) in [5.41, 5.74) is 1.93. The van der Waals surface area contributed by atoms with Crippen LogP contribution in [-0.4, -0.2) is 15.0 Å². The van der Waals surface area contributed by atoms with Gasteiger partial charge < -0.3 is 5.73 Å². The minimum atomic E-state index is -0.0326. The van der Waals surface area contributed by atoms with Crippen LogP contribution >= 0.6 is 23.2 Å². The van der Waals surface area contributed by atoms with Gasteiger partial charge in [-0.15, -0.1) is 0 Å². The van der Waals surface area contributed by atoms with Crippen molar-refractivity contribution in [2.24, 2.45) is 0 Å². The summed E-state index contributed by atoms with van der Waals surface area (Å²) in [6, 6.07) is 0. The van der Waals surface area contributed by atoms with Crippen LogP contribution in [0.1, 0.15) is 0 Å². The number of nitrogen functional groups attached to an aromatic ring is 1. The van der Waals surface area contributed by atoms with Gasteiger partial charge in [-0.3, -0.25) is 0 Å². The molecule has 0 aliphatic heterocycles. The first-order valence-corrected chi connectivity index (χ1v) is 2.73. The maximum atomic E-state index is 6.62. The average Bonchev–Trinajstić information content (AvgIpc) is 1.85. The van der Waals surface area contributed by atoms with Crippen LogP contribution in [0.3, 0.4) is 0 Å². The molecule has 1 aromatic heterocycles. The monoisotopic (exact) mass is 165 g/mol. The van der Waals surface area contributed by atoms with Crippen LogP contribution in [0.2, 0.25) is 12.0 Å². The third-order valence-electron chi connectivity index (χ3n) is 0.581. The van der Waals surface area contributed by atoms with E-state index < -0.39 is 0 Å². The molecular weight excluding hydrogens is 163 g/mol. The molecule has 0 radical (unpaired) electrons. The summed E-state index contributed by atoms with van der Waals surface area (Å²) in [6.45, 7) is 0. The van der Waals surface area contributed by atoms with Crippen molar-refractivity contribution >= 4 is 29.2 Å². The van der Waals surface area contributed by atoms with E-state index in [1.807, 2.05) is 5.73 Å². The first-order chi connectivity index (χ1) is 4.72. The van der Waals surface area contributed by atoms with E-state index in [0.29, 0.717) is 0 Å². The molecule has 0 amide bonds. The predicted octanol–water partition coefficient (Wildman–Crippen LogP) is 0.761. The van der Waals surface area contributed by atoms with Gasteiger partial charge in [-0.1, -0.05) is 0 Å².